The van der Waals surface area contributed by atoms with E-state index in [0.29, 0.717) is 26.5 Å². The van der Waals surface area contributed by atoms with E-state index in [1.165, 1.54) is 11.8 Å². The Kier molecular flexibility index (Phi) is 4.96. The summed E-state index contributed by atoms with van der Waals surface area (Å²) in [6.45, 7) is 0. The summed E-state index contributed by atoms with van der Waals surface area (Å²) < 4.78 is 24.2. The van der Waals surface area contributed by atoms with Crippen LogP contribution in [0.25, 0.3) is 0 Å². The van der Waals surface area contributed by atoms with Gasteiger partial charge in [-0.2, -0.15) is 4.99 Å². The standard InChI is InChI=1S/C18H14Cl2N2O3S2/c19-13-7-6-12(8-14(13)20)22-15-9-27(24,25)10-16(15)26-18(22)21-17(23)11-4-2-1-3-5-11/h1-8,15-16H,9-10H2. The van der Waals surface area contributed by atoms with Gasteiger partial charge in [0.25, 0.3) is 5.91 Å². The lowest BCUT2D eigenvalue weighted by molar-refractivity contribution is 0.100. The zero-order valence-corrected chi connectivity index (χ0v) is 17.0. The molecule has 2 atom stereocenters. The maximum Gasteiger partial charge on any atom is 0.279 e. The van der Waals surface area contributed by atoms with Gasteiger partial charge in [0.15, 0.2) is 15.0 Å². The van der Waals surface area contributed by atoms with Crippen molar-refractivity contribution in [2.45, 2.75) is 11.3 Å². The summed E-state index contributed by atoms with van der Waals surface area (Å²) >= 11 is 13.5. The lowest BCUT2D eigenvalue weighted by Gasteiger charge is -2.24. The Bertz CT molecular complexity index is 1040. The van der Waals surface area contributed by atoms with Crippen molar-refractivity contribution >= 4 is 61.6 Å². The maximum atomic E-state index is 12.6. The maximum absolute atomic E-state index is 12.6. The Labute approximate surface area is 171 Å². The summed E-state index contributed by atoms with van der Waals surface area (Å²) in [4.78, 5) is 18.6. The van der Waals surface area contributed by atoms with Gasteiger partial charge in [0.1, 0.15) is 0 Å². The van der Waals surface area contributed by atoms with Crippen molar-refractivity contribution in [1.82, 2.24) is 0 Å². The van der Waals surface area contributed by atoms with E-state index in [2.05, 4.69) is 4.99 Å². The van der Waals surface area contributed by atoms with Crippen LogP contribution in [0.4, 0.5) is 5.69 Å². The van der Waals surface area contributed by atoms with Crippen LogP contribution in [0.1, 0.15) is 10.4 Å². The number of aliphatic imine (C=N–C) groups is 1. The third-order valence-corrected chi connectivity index (χ3v) is 8.41. The van der Waals surface area contributed by atoms with E-state index >= 15 is 0 Å². The molecule has 0 radical (unpaired) electrons. The van der Waals surface area contributed by atoms with Gasteiger partial charge in [-0.05, 0) is 30.3 Å². The van der Waals surface area contributed by atoms with Gasteiger partial charge in [-0.15, -0.1) is 0 Å². The summed E-state index contributed by atoms with van der Waals surface area (Å²) in [6, 6.07) is 13.5. The molecule has 0 spiro atoms. The lowest BCUT2D eigenvalue weighted by atomic mass is 10.2. The highest BCUT2D eigenvalue weighted by molar-refractivity contribution is 8.16. The fourth-order valence-electron chi connectivity index (χ4n) is 3.23. The minimum absolute atomic E-state index is 0.0173. The van der Waals surface area contributed by atoms with E-state index in [1.807, 2.05) is 6.07 Å². The van der Waals surface area contributed by atoms with Gasteiger partial charge in [-0.1, -0.05) is 53.2 Å². The summed E-state index contributed by atoms with van der Waals surface area (Å²) in [5.74, 6) is -0.284. The van der Waals surface area contributed by atoms with Crippen LogP contribution in [0, 0.1) is 0 Å². The first-order valence-corrected chi connectivity index (χ1v) is 11.6. The second-order valence-electron chi connectivity index (χ2n) is 6.33. The number of sulfone groups is 1. The average molecular weight is 441 g/mol. The van der Waals surface area contributed by atoms with E-state index in [-0.39, 0.29) is 28.7 Å². The molecular formula is C18H14Cl2N2O3S2. The molecule has 140 valence electrons. The number of anilines is 1. The monoisotopic (exact) mass is 440 g/mol. The van der Waals surface area contributed by atoms with Crippen molar-refractivity contribution in [3.8, 4) is 0 Å². The highest BCUT2D eigenvalue weighted by atomic mass is 35.5. The Balaban J connectivity index is 1.75. The summed E-state index contributed by atoms with van der Waals surface area (Å²) in [7, 11) is -3.13. The van der Waals surface area contributed by atoms with Gasteiger partial charge in [0.05, 0.1) is 27.6 Å². The first-order valence-electron chi connectivity index (χ1n) is 8.13. The number of rotatable bonds is 2. The number of amides is 1. The Morgan fingerprint density at radius 1 is 1.07 bits per heavy atom. The van der Waals surface area contributed by atoms with E-state index in [4.69, 9.17) is 23.2 Å². The number of halogens is 2. The van der Waals surface area contributed by atoms with Crippen LogP contribution in [-0.4, -0.2) is 42.3 Å². The van der Waals surface area contributed by atoms with Gasteiger partial charge in [-0.25, -0.2) is 8.42 Å². The van der Waals surface area contributed by atoms with Crippen LogP contribution in [0.3, 0.4) is 0 Å². The zero-order valence-electron chi connectivity index (χ0n) is 13.9. The van der Waals surface area contributed by atoms with E-state index in [1.54, 1.807) is 47.4 Å². The highest BCUT2D eigenvalue weighted by Crippen LogP contribution is 2.42. The molecule has 0 saturated carbocycles. The fourth-order valence-corrected chi connectivity index (χ4v) is 7.44. The molecule has 2 aliphatic heterocycles. The highest BCUT2D eigenvalue weighted by Gasteiger charge is 2.49. The van der Waals surface area contributed by atoms with Crippen molar-refractivity contribution in [3.05, 3.63) is 64.1 Å². The van der Waals surface area contributed by atoms with Crippen molar-refractivity contribution < 1.29 is 13.2 Å². The molecule has 2 fully saturated rings. The third kappa shape index (κ3) is 3.74. The molecule has 0 aliphatic carbocycles. The fraction of sp³-hybridized carbons (Fsp3) is 0.222. The lowest BCUT2D eigenvalue weighted by Crippen LogP contribution is -2.37. The Morgan fingerprint density at radius 2 is 1.81 bits per heavy atom. The van der Waals surface area contributed by atoms with Crippen LogP contribution in [-0.2, 0) is 9.84 Å². The molecule has 2 aliphatic rings. The third-order valence-electron chi connectivity index (χ3n) is 4.47. The molecule has 0 N–H and O–H groups in total. The first kappa shape index (κ1) is 18.8. The molecule has 5 nitrogen and oxygen atoms in total. The normalized spacial score (nSPS) is 25.0. The summed E-state index contributed by atoms with van der Waals surface area (Å²) in [5.41, 5.74) is 1.14. The minimum Gasteiger partial charge on any atom is -0.316 e. The Morgan fingerprint density at radius 3 is 2.52 bits per heavy atom. The number of benzene rings is 2. The van der Waals surface area contributed by atoms with Crippen LogP contribution in [0.5, 0.6) is 0 Å². The number of fused-ring (bicyclic) bond motifs is 1. The van der Waals surface area contributed by atoms with Gasteiger partial charge in [0.2, 0.25) is 0 Å². The molecule has 0 bridgehead atoms. The second kappa shape index (κ2) is 7.13. The smallest absolute Gasteiger partial charge is 0.279 e. The van der Waals surface area contributed by atoms with Crippen molar-refractivity contribution in [3.63, 3.8) is 0 Å². The number of hydrogen-bond donors (Lipinski definition) is 0. The summed E-state index contributed by atoms with van der Waals surface area (Å²) in [6.07, 6.45) is 0. The molecule has 0 aromatic heterocycles. The van der Waals surface area contributed by atoms with E-state index in [9.17, 15) is 13.2 Å². The van der Waals surface area contributed by atoms with Crippen molar-refractivity contribution in [2.75, 3.05) is 16.4 Å². The SMILES string of the molecule is O=C(N=C1SC2CS(=O)(=O)CC2N1c1ccc(Cl)c(Cl)c1)c1ccccc1. The molecule has 1 amide bonds. The molecule has 9 heteroatoms. The number of amidine groups is 1. The number of hydrogen-bond acceptors (Lipinski definition) is 4. The number of thioether (sulfide) groups is 1. The van der Waals surface area contributed by atoms with Crippen LogP contribution in [0.15, 0.2) is 53.5 Å². The summed E-state index contributed by atoms with van der Waals surface area (Å²) in [5, 5.41) is 1.07. The van der Waals surface area contributed by atoms with Crippen LogP contribution in [0.2, 0.25) is 10.0 Å². The molecule has 2 aromatic rings. The quantitative estimate of drug-likeness (QED) is 0.707. The Hall–Kier alpha value is -1.54. The van der Waals surface area contributed by atoms with Crippen molar-refractivity contribution in [2.24, 2.45) is 4.99 Å². The first-order chi connectivity index (χ1) is 12.8. The number of nitrogens with zero attached hydrogens (tertiary/aromatic N) is 2. The second-order valence-corrected chi connectivity index (χ2v) is 10.5. The van der Waals surface area contributed by atoms with E-state index < -0.39 is 9.84 Å². The molecule has 27 heavy (non-hydrogen) atoms. The molecule has 4 rings (SSSR count). The topological polar surface area (TPSA) is 66.8 Å². The minimum atomic E-state index is -3.13. The molecule has 2 saturated heterocycles. The van der Waals surface area contributed by atoms with Gasteiger partial charge in [-0.3, -0.25) is 4.79 Å². The number of carbonyl (C=O) groups is 1. The van der Waals surface area contributed by atoms with Crippen LogP contribution >= 0.6 is 35.0 Å². The van der Waals surface area contributed by atoms with Gasteiger partial charge >= 0.3 is 0 Å². The van der Waals surface area contributed by atoms with E-state index in [0.717, 1.165) is 0 Å². The molecule has 2 unspecified atom stereocenters. The predicted molar refractivity (Wildman–Crippen MR) is 111 cm³/mol. The van der Waals surface area contributed by atoms with Crippen LogP contribution < -0.4 is 4.90 Å². The molecule has 2 aromatic carbocycles. The molecule has 2 heterocycles. The molecular weight excluding hydrogens is 427 g/mol. The van der Waals surface area contributed by atoms with Gasteiger partial charge < -0.3 is 4.90 Å². The average Bonchev–Trinajstić information content (AvgIpc) is 3.09. The largest absolute Gasteiger partial charge is 0.316 e. The van der Waals surface area contributed by atoms with Gasteiger partial charge in [0, 0.05) is 16.5 Å². The number of carbonyl (C=O) groups excluding carboxylic acids is 1. The predicted octanol–water partition coefficient (Wildman–Crippen LogP) is 3.91. The van der Waals surface area contributed by atoms with Crippen molar-refractivity contribution in [1.29, 1.82) is 0 Å². The zero-order chi connectivity index (χ0) is 19.2.